The van der Waals surface area contributed by atoms with Crippen LogP contribution in [-0.4, -0.2) is 27.4 Å². The molecule has 4 rings (SSSR count). The molecule has 2 aromatic heterocycles. The normalized spacial score (nSPS) is 13.5. The van der Waals surface area contributed by atoms with Gasteiger partial charge in [-0.15, -0.1) is 0 Å². The van der Waals surface area contributed by atoms with Crippen molar-refractivity contribution in [3.8, 4) is 22.8 Å². The van der Waals surface area contributed by atoms with Gasteiger partial charge in [-0.2, -0.15) is 0 Å². The summed E-state index contributed by atoms with van der Waals surface area (Å²) < 4.78 is 0. The number of carbonyl (C=O) groups is 1. The molecule has 6 nitrogen and oxygen atoms in total. The molecule has 0 bridgehead atoms. The minimum absolute atomic E-state index is 0.0605. The molecule has 1 amide bonds. The molecule has 7 heteroatoms. The predicted molar refractivity (Wildman–Crippen MR) is 92.7 cm³/mol. The van der Waals surface area contributed by atoms with Crippen LogP contribution in [0.5, 0.6) is 0 Å². The fourth-order valence-corrected chi connectivity index (χ4v) is 3.06. The van der Waals surface area contributed by atoms with E-state index in [2.05, 4.69) is 20.3 Å². The van der Waals surface area contributed by atoms with Gasteiger partial charge in [-0.25, -0.2) is 9.97 Å². The molecular formula is C17H14ClN5O. The van der Waals surface area contributed by atoms with E-state index in [1.165, 1.54) is 0 Å². The second kappa shape index (κ2) is 5.65. The lowest BCUT2D eigenvalue weighted by atomic mass is 10.1. The molecule has 0 saturated carbocycles. The van der Waals surface area contributed by atoms with Gasteiger partial charge in [0.15, 0.2) is 5.82 Å². The molecule has 0 unspecified atom stereocenters. The second-order valence-electron chi connectivity index (χ2n) is 5.59. The first-order valence-electron chi connectivity index (χ1n) is 7.51. The summed E-state index contributed by atoms with van der Waals surface area (Å²) in [7, 11) is 0. The zero-order chi connectivity index (χ0) is 16.7. The average molecular weight is 340 g/mol. The molecule has 0 atom stereocenters. The molecule has 1 aliphatic heterocycles. The molecule has 4 N–H and O–H groups in total. The van der Waals surface area contributed by atoms with Crippen LogP contribution in [0.15, 0.2) is 36.5 Å². The van der Waals surface area contributed by atoms with Crippen molar-refractivity contribution in [2.24, 2.45) is 0 Å². The van der Waals surface area contributed by atoms with E-state index in [1.54, 1.807) is 30.5 Å². The number of rotatable bonds is 2. The van der Waals surface area contributed by atoms with E-state index >= 15 is 0 Å². The molecule has 0 radical (unpaired) electrons. The number of hydrogen-bond donors (Lipinski definition) is 3. The number of hydrogen-bond acceptors (Lipinski definition) is 4. The van der Waals surface area contributed by atoms with Crippen molar-refractivity contribution < 1.29 is 4.79 Å². The number of fused-ring (bicyclic) bond motifs is 1. The molecule has 24 heavy (non-hydrogen) atoms. The van der Waals surface area contributed by atoms with Crippen molar-refractivity contribution in [1.82, 2.24) is 20.3 Å². The van der Waals surface area contributed by atoms with Gasteiger partial charge in [0.05, 0.1) is 22.0 Å². The van der Waals surface area contributed by atoms with Gasteiger partial charge in [0, 0.05) is 36.1 Å². The number of nitrogens with two attached hydrogens (primary N) is 1. The van der Waals surface area contributed by atoms with E-state index < -0.39 is 0 Å². The van der Waals surface area contributed by atoms with Crippen molar-refractivity contribution >= 4 is 23.2 Å². The molecule has 3 heterocycles. The molecule has 0 saturated heterocycles. The lowest BCUT2D eigenvalue weighted by molar-refractivity contribution is 0.0946. The molecule has 1 aromatic carbocycles. The van der Waals surface area contributed by atoms with E-state index in [1.807, 2.05) is 6.07 Å². The third-order valence-electron chi connectivity index (χ3n) is 3.97. The number of carbonyl (C=O) groups excluding carboxylic acids is 1. The first-order chi connectivity index (χ1) is 11.6. The number of aromatic nitrogens is 3. The number of aromatic amines is 1. The van der Waals surface area contributed by atoms with Crippen LogP contribution in [-0.2, 0) is 6.42 Å². The number of halogens is 1. The van der Waals surface area contributed by atoms with E-state index in [0.29, 0.717) is 39.9 Å². The van der Waals surface area contributed by atoms with Crippen LogP contribution in [0.4, 0.5) is 5.69 Å². The van der Waals surface area contributed by atoms with Crippen LogP contribution in [0.3, 0.4) is 0 Å². The predicted octanol–water partition coefficient (Wildman–Crippen LogP) is 2.66. The SMILES string of the molecule is Nc1ccc(-c2nccc(-c3cc4c([nH]3)CCNC4=O)n2)c(Cl)c1. The van der Waals surface area contributed by atoms with Gasteiger partial charge < -0.3 is 16.0 Å². The van der Waals surface area contributed by atoms with Gasteiger partial charge in [0.1, 0.15) is 0 Å². The summed E-state index contributed by atoms with van der Waals surface area (Å²) in [5.41, 5.74) is 10.1. The maximum absolute atomic E-state index is 11.9. The summed E-state index contributed by atoms with van der Waals surface area (Å²) in [6.07, 6.45) is 2.45. The summed E-state index contributed by atoms with van der Waals surface area (Å²) >= 11 is 6.24. The first-order valence-corrected chi connectivity index (χ1v) is 7.88. The monoisotopic (exact) mass is 339 g/mol. The van der Waals surface area contributed by atoms with Crippen LogP contribution >= 0.6 is 11.6 Å². The van der Waals surface area contributed by atoms with E-state index in [4.69, 9.17) is 17.3 Å². The third-order valence-corrected chi connectivity index (χ3v) is 4.28. The number of nitrogens with zero attached hydrogens (tertiary/aromatic N) is 2. The Labute approximate surface area is 143 Å². The molecular weight excluding hydrogens is 326 g/mol. The number of nitrogen functional groups attached to an aromatic ring is 1. The van der Waals surface area contributed by atoms with Gasteiger partial charge in [-0.3, -0.25) is 4.79 Å². The number of benzene rings is 1. The largest absolute Gasteiger partial charge is 0.399 e. The van der Waals surface area contributed by atoms with E-state index in [-0.39, 0.29) is 5.91 Å². The Hall–Kier alpha value is -2.86. The van der Waals surface area contributed by atoms with Gasteiger partial charge in [-0.05, 0) is 30.3 Å². The van der Waals surface area contributed by atoms with Crippen LogP contribution in [0, 0.1) is 0 Å². The summed E-state index contributed by atoms with van der Waals surface area (Å²) in [6, 6.07) is 8.84. The van der Waals surface area contributed by atoms with Crippen LogP contribution in [0.1, 0.15) is 16.1 Å². The second-order valence-corrected chi connectivity index (χ2v) is 5.99. The highest BCUT2D eigenvalue weighted by molar-refractivity contribution is 6.33. The maximum Gasteiger partial charge on any atom is 0.253 e. The fraction of sp³-hybridized carbons (Fsp3) is 0.118. The topological polar surface area (TPSA) is 96.7 Å². The summed E-state index contributed by atoms with van der Waals surface area (Å²) in [5, 5.41) is 3.33. The molecule has 0 aliphatic carbocycles. The highest BCUT2D eigenvalue weighted by Crippen LogP contribution is 2.29. The lowest BCUT2D eigenvalue weighted by Gasteiger charge is -2.10. The molecule has 1 aliphatic rings. The third kappa shape index (κ3) is 2.51. The van der Waals surface area contributed by atoms with Crippen LogP contribution in [0.2, 0.25) is 5.02 Å². The Morgan fingerprint density at radius 3 is 2.83 bits per heavy atom. The highest BCUT2D eigenvalue weighted by atomic mass is 35.5. The Morgan fingerprint density at radius 1 is 1.17 bits per heavy atom. The molecule has 3 aromatic rings. The van der Waals surface area contributed by atoms with Gasteiger partial charge >= 0.3 is 0 Å². The van der Waals surface area contributed by atoms with Crippen molar-refractivity contribution in [3.05, 3.63) is 52.8 Å². The minimum atomic E-state index is -0.0605. The average Bonchev–Trinajstić information content (AvgIpc) is 3.01. The number of nitrogens with one attached hydrogen (secondary N) is 2. The molecule has 0 spiro atoms. The smallest absolute Gasteiger partial charge is 0.253 e. The summed E-state index contributed by atoms with van der Waals surface area (Å²) in [6.45, 7) is 0.641. The van der Waals surface area contributed by atoms with Gasteiger partial charge in [-0.1, -0.05) is 11.6 Å². The van der Waals surface area contributed by atoms with E-state index in [0.717, 1.165) is 17.8 Å². The van der Waals surface area contributed by atoms with Crippen LogP contribution in [0.25, 0.3) is 22.8 Å². The van der Waals surface area contributed by atoms with Crippen molar-refractivity contribution in [2.75, 3.05) is 12.3 Å². The molecule has 120 valence electrons. The number of anilines is 1. The Kier molecular flexibility index (Phi) is 3.46. The Balaban J connectivity index is 1.77. The zero-order valence-electron chi connectivity index (χ0n) is 12.6. The maximum atomic E-state index is 11.9. The lowest BCUT2D eigenvalue weighted by Crippen LogP contribution is -2.31. The summed E-state index contributed by atoms with van der Waals surface area (Å²) in [4.78, 5) is 24.0. The van der Waals surface area contributed by atoms with Crippen molar-refractivity contribution in [2.45, 2.75) is 6.42 Å². The van der Waals surface area contributed by atoms with Gasteiger partial charge in [0.2, 0.25) is 0 Å². The molecule has 0 fully saturated rings. The quantitative estimate of drug-likeness (QED) is 0.625. The first kappa shape index (κ1) is 14.7. The highest BCUT2D eigenvalue weighted by Gasteiger charge is 2.20. The Morgan fingerprint density at radius 2 is 2.04 bits per heavy atom. The van der Waals surface area contributed by atoms with Crippen molar-refractivity contribution in [3.63, 3.8) is 0 Å². The van der Waals surface area contributed by atoms with E-state index in [9.17, 15) is 4.79 Å². The zero-order valence-corrected chi connectivity index (χ0v) is 13.4. The van der Waals surface area contributed by atoms with Gasteiger partial charge in [0.25, 0.3) is 5.91 Å². The van der Waals surface area contributed by atoms with Crippen molar-refractivity contribution in [1.29, 1.82) is 0 Å². The number of amides is 1. The van der Waals surface area contributed by atoms with Crippen LogP contribution < -0.4 is 11.1 Å². The number of H-pyrrole nitrogens is 1. The Bertz CT molecular complexity index is 950. The summed E-state index contributed by atoms with van der Waals surface area (Å²) in [5.74, 6) is 0.448. The fourth-order valence-electron chi connectivity index (χ4n) is 2.78. The minimum Gasteiger partial charge on any atom is -0.399 e. The standard InChI is InChI=1S/C17H14ClN5O/c18-12-7-9(19)1-2-10(12)16-20-5-4-14(23-16)15-8-11-13(22-15)3-6-21-17(11)24/h1-2,4-5,7-8,22H,3,6,19H2,(H,21,24).